The summed E-state index contributed by atoms with van der Waals surface area (Å²) in [6.45, 7) is 2.43. The Morgan fingerprint density at radius 2 is 2.33 bits per heavy atom. The highest BCUT2D eigenvalue weighted by Gasteiger charge is 2.09. The summed E-state index contributed by atoms with van der Waals surface area (Å²) < 4.78 is 7.63. The van der Waals surface area contributed by atoms with Crippen LogP contribution in [0.3, 0.4) is 0 Å². The van der Waals surface area contributed by atoms with Gasteiger partial charge in [0.15, 0.2) is 4.77 Å². The molecule has 6 heteroatoms. The van der Waals surface area contributed by atoms with Crippen LogP contribution in [0.4, 0.5) is 0 Å². The Kier molecular flexibility index (Phi) is 2.72. The fraction of sp³-hybridized carbons (Fsp3) is 0.167. The molecular weight excluding hydrogens is 270 g/mol. The van der Waals surface area contributed by atoms with Gasteiger partial charge < -0.3 is 14.1 Å². The maximum Gasteiger partial charge on any atom is 0.178 e. The molecule has 0 fully saturated rings. The first-order chi connectivity index (χ1) is 8.65. The van der Waals surface area contributed by atoms with Crippen molar-refractivity contribution in [1.29, 1.82) is 0 Å². The monoisotopic (exact) mass is 279 g/mol. The maximum atomic E-state index is 6.12. The van der Waals surface area contributed by atoms with Gasteiger partial charge in [-0.05, 0) is 31.3 Å². The van der Waals surface area contributed by atoms with Crippen molar-refractivity contribution in [3.05, 3.63) is 45.5 Å². The summed E-state index contributed by atoms with van der Waals surface area (Å²) in [7, 11) is 0. The van der Waals surface area contributed by atoms with Gasteiger partial charge in [-0.15, -0.1) is 0 Å². The van der Waals surface area contributed by atoms with E-state index in [0.717, 1.165) is 22.5 Å². The van der Waals surface area contributed by atoms with Crippen LogP contribution in [0.1, 0.15) is 11.5 Å². The number of benzene rings is 1. The van der Waals surface area contributed by atoms with Crippen molar-refractivity contribution in [3.8, 4) is 0 Å². The number of nitrogens with zero attached hydrogens (tertiary/aromatic N) is 2. The minimum atomic E-state index is 0.566. The number of aromatic amines is 1. The number of nitrogens with one attached hydrogen (secondary N) is 1. The molecular formula is C12H10ClN3OS. The van der Waals surface area contributed by atoms with Gasteiger partial charge in [0.05, 0.1) is 22.6 Å². The third-order valence-electron chi connectivity index (χ3n) is 2.76. The Labute approximate surface area is 113 Å². The fourth-order valence-corrected chi connectivity index (χ4v) is 2.44. The summed E-state index contributed by atoms with van der Waals surface area (Å²) in [4.78, 5) is 3.11. The van der Waals surface area contributed by atoms with Crippen LogP contribution < -0.4 is 0 Å². The van der Waals surface area contributed by atoms with Crippen LogP contribution in [-0.2, 0) is 6.54 Å². The largest absolute Gasteiger partial charge is 0.361 e. The number of hydrogen-bond acceptors (Lipinski definition) is 3. The zero-order chi connectivity index (χ0) is 12.7. The van der Waals surface area contributed by atoms with Gasteiger partial charge in [0.2, 0.25) is 0 Å². The van der Waals surface area contributed by atoms with Gasteiger partial charge in [0.1, 0.15) is 11.5 Å². The SMILES string of the molecule is Cc1cc(Cn2c(=S)[nH]c3c(Cl)cccc32)no1. The van der Waals surface area contributed by atoms with Gasteiger partial charge in [-0.1, -0.05) is 22.8 Å². The molecule has 0 radical (unpaired) electrons. The van der Waals surface area contributed by atoms with Crippen molar-refractivity contribution in [2.45, 2.75) is 13.5 Å². The molecule has 0 aliphatic heterocycles. The number of fused-ring (bicyclic) bond motifs is 1. The molecule has 0 spiro atoms. The second-order valence-electron chi connectivity index (χ2n) is 4.08. The summed E-state index contributed by atoms with van der Waals surface area (Å²) in [5.41, 5.74) is 2.65. The van der Waals surface area contributed by atoms with Crippen molar-refractivity contribution in [2.24, 2.45) is 0 Å². The highest BCUT2D eigenvalue weighted by Crippen LogP contribution is 2.23. The Balaban J connectivity index is 2.14. The number of imidazole rings is 1. The topological polar surface area (TPSA) is 46.8 Å². The molecule has 3 aromatic rings. The van der Waals surface area contributed by atoms with Gasteiger partial charge >= 0.3 is 0 Å². The lowest BCUT2D eigenvalue weighted by Gasteiger charge is -2.01. The molecule has 0 saturated carbocycles. The first-order valence-corrected chi connectivity index (χ1v) is 6.23. The minimum absolute atomic E-state index is 0.566. The van der Waals surface area contributed by atoms with E-state index in [0.29, 0.717) is 16.3 Å². The standard InChI is InChI=1S/C12H10ClN3OS/c1-7-5-8(15-17-7)6-16-10-4-2-3-9(13)11(10)14-12(16)18/h2-5H,6H2,1H3,(H,14,18). The van der Waals surface area contributed by atoms with E-state index in [2.05, 4.69) is 10.1 Å². The number of aromatic nitrogens is 3. The third kappa shape index (κ3) is 1.85. The van der Waals surface area contributed by atoms with Crippen molar-refractivity contribution < 1.29 is 4.52 Å². The molecule has 0 aliphatic carbocycles. The summed E-state index contributed by atoms with van der Waals surface area (Å²) in [5, 5.41) is 4.63. The molecule has 4 nitrogen and oxygen atoms in total. The van der Waals surface area contributed by atoms with E-state index in [1.807, 2.05) is 35.8 Å². The zero-order valence-electron chi connectivity index (χ0n) is 9.61. The molecule has 2 heterocycles. The van der Waals surface area contributed by atoms with Crippen LogP contribution in [-0.4, -0.2) is 14.7 Å². The summed E-state index contributed by atoms with van der Waals surface area (Å²) in [6, 6.07) is 7.60. The minimum Gasteiger partial charge on any atom is -0.361 e. The average molecular weight is 280 g/mol. The number of aryl methyl sites for hydroxylation is 1. The van der Waals surface area contributed by atoms with Crippen molar-refractivity contribution >= 4 is 34.9 Å². The average Bonchev–Trinajstić information content (AvgIpc) is 2.87. The first kappa shape index (κ1) is 11.5. The molecule has 2 aromatic heterocycles. The predicted molar refractivity (Wildman–Crippen MR) is 72.5 cm³/mol. The van der Waals surface area contributed by atoms with E-state index in [1.54, 1.807) is 0 Å². The second-order valence-corrected chi connectivity index (χ2v) is 4.87. The molecule has 0 amide bonds. The lowest BCUT2D eigenvalue weighted by atomic mass is 10.3. The van der Waals surface area contributed by atoms with E-state index in [-0.39, 0.29) is 0 Å². The normalized spacial score (nSPS) is 11.2. The van der Waals surface area contributed by atoms with Crippen molar-refractivity contribution in [2.75, 3.05) is 0 Å². The molecule has 92 valence electrons. The molecule has 3 rings (SSSR count). The van der Waals surface area contributed by atoms with Gasteiger partial charge in [-0.2, -0.15) is 0 Å². The number of para-hydroxylation sites is 1. The smallest absolute Gasteiger partial charge is 0.178 e. The van der Waals surface area contributed by atoms with Crippen LogP contribution >= 0.6 is 23.8 Å². The van der Waals surface area contributed by atoms with Crippen LogP contribution in [0.15, 0.2) is 28.8 Å². The summed E-state index contributed by atoms with van der Waals surface area (Å²) in [5.74, 6) is 0.786. The quantitative estimate of drug-likeness (QED) is 0.728. The highest BCUT2D eigenvalue weighted by molar-refractivity contribution is 7.71. The number of rotatable bonds is 2. The molecule has 1 aromatic carbocycles. The second kappa shape index (κ2) is 4.26. The number of hydrogen-bond donors (Lipinski definition) is 1. The maximum absolute atomic E-state index is 6.12. The summed E-state index contributed by atoms with van der Waals surface area (Å²) >= 11 is 11.4. The van der Waals surface area contributed by atoms with Crippen LogP contribution in [0, 0.1) is 11.7 Å². The van der Waals surface area contributed by atoms with E-state index < -0.39 is 0 Å². The predicted octanol–water partition coefficient (Wildman–Crippen LogP) is 3.70. The molecule has 0 bridgehead atoms. The molecule has 18 heavy (non-hydrogen) atoms. The van der Waals surface area contributed by atoms with Gasteiger partial charge in [0, 0.05) is 6.07 Å². The lowest BCUT2D eigenvalue weighted by molar-refractivity contribution is 0.389. The number of H-pyrrole nitrogens is 1. The number of halogens is 1. The Morgan fingerprint density at radius 3 is 3.06 bits per heavy atom. The van der Waals surface area contributed by atoms with Gasteiger partial charge in [-0.25, -0.2) is 0 Å². The Morgan fingerprint density at radius 1 is 1.50 bits per heavy atom. The molecule has 0 atom stereocenters. The molecule has 0 unspecified atom stereocenters. The van der Waals surface area contributed by atoms with Crippen molar-refractivity contribution in [3.63, 3.8) is 0 Å². The van der Waals surface area contributed by atoms with Crippen LogP contribution in [0.5, 0.6) is 0 Å². The molecule has 0 saturated heterocycles. The van der Waals surface area contributed by atoms with Crippen molar-refractivity contribution in [1.82, 2.24) is 14.7 Å². The fourth-order valence-electron chi connectivity index (χ4n) is 1.96. The van der Waals surface area contributed by atoms with E-state index in [4.69, 9.17) is 28.3 Å². The van der Waals surface area contributed by atoms with E-state index >= 15 is 0 Å². The molecule has 1 N–H and O–H groups in total. The highest BCUT2D eigenvalue weighted by atomic mass is 35.5. The van der Waals surface area contributed by atoms with Gasteiger partial charge in [0.25, 0.3) is 0 Å². The lowest BCUT2D eigenvalue weighted by Crippen LogP contribution is -1.99. The zero-order valence-corrected chi connectivity index (χ0v) is 11.2. The first-order valence-electron chi connectivity index (χ1n) is 5.44. The third-order valence-corrected chi connectivity index (χ3v) is 3.39. The Hall–Kier alpha value is -1.59. The van der Waals surface area contributed by atoms with Crippen LogP contribution in [0.2, 0.25) is 5.02 Å². The summed E-state index contributed by atoms with van der Waals surface area (Å²) in [6.07, 6.45) is 0. The van der Waals surface area contributed by atoms with E-state index in [1.165, 1.54) is 0 Å². The van der Waals surface area contributed by atoms with E-state index in [9.17, 15) is 0 Å². The molecule has 0 aliphatic rings. The van der Waals surface area contributed by atoms with Gasteiger partial charge in [-0.3, -0.25) is 0 Å². The Bertz CT molecular complexity index is 771. The van der Waals surface area contributed by atoms with Crippen LogP contribution in [0.25, 0.3) is 11.0 Å².